The Morgan fingerprint density at radius 1 is 0.962 bits per heavy atom. The van der Waals surface area contributed by atoms with Crippen molar-refractivity contribution >= 4 is 34.9 Å². The number of aromatic nitrogens is 1. The van der Waals surface area contributed by atoms with E-state index in [0.717, 1.165) is 17.8 Å². The van der Waals surface area contributed by atoms with E-state index in [9.17, 15) is 4.79 Å². The topological polar surface area (TPSA) is 37.3 Å². The molecule has 0 saturated heterocycles. The molecule has 0 bridgehead atoms. The molecule has 0 saturated carbocycles. The van der Waals surface area contributed by atoms with Gasteiger partial charge in [0, 0.05) is 30.7 Å². The van der Waals surface area contributed by atoms with Gasteiger partial charge < -0.3 is 14.8 Å². The number of amides is 2. The SMILES string of the molecule is O=C(Nc1ccc(Cl)c(Cl)c1)N1CCn2cccc2[C@H]1c1ccccc1. The van der Waals surface area contributed by atoms with Gasteiger partial charge in [-0.15, -0.1) is 0 Å². The van der Waals surface area contributed by atoms with Gasteiger partial charge in [0.25, 0.3) is 0 Å². The molecule has 26 heavy (non-hydrogen) atoms. The van der Waals surface area contributed by atoms with Crippen molar-refractivity contribution in [2.75, 3.05) is 11.9 Å². The molecule has 2 amide bonds. The Labute approximate surface area is 161 Å². The molecule has 0 spiro atoms. The van der Waals surface area contributed by atoms with Crippen molar-refractivity contribution in [3.63, 3.8) is 0 Å². The van der Waals surface area contributed by atoms with E-state index >= 15 is 0 Å². The fraction of sp³-hybridized carbons (Fsp3) is 0.150. The van der Waals surface area contributed by atoms with Gasteiger partial charge in [-0.25, -0.2) is 4.79 Å². The molecule has 6 heteroatoms. The first kappa shape index (κ1) is 17.0. The third-order valence-electron chi connectivity index (χ3n) is 4.59. The Kier molecular flexibility index (Phi) is 4.62. The lowest BCUT2D eigenvalue weighted by Gasteiger charge is -2.37. The number of nitrogens with zero attached hydrogens (tertiary/aromatic N) is 2. The molecule has 2 heterocycles. The summed E-state index contributed by atoms with van der Waals surface area (Å²) in [7, 11) is 0. The molecule has 0 aliphatic carbocycles. The largest absolute Gasteiger partial charge is 0.348 e. The fourth-order valence-electron chi connectivity index (χ4n) is 3.36. The molecule has 0 unspecified atom stereocenters. The normalized spacial score (nSPS) is 16.2. The Morgan fingerprint density at radius 2 is 1.77 bits per heavy atom. The van der Waals surface area contributed by atoms with Crippen LogP contribution >= 0.6 is 23.2 Å². The zero-order valence-corrected chi connectivity index (χ0v) is 15.4. The Morgan fingerprint density at radius 3 is 2.54 bits per heavy atom. The number of urea groups is 1. The van der Waals surface area contributed by atoms with Gasteiger partial charge in [0.2, 0.25) is 0 Å². The minimum absolute atomic E-state index is 0.136. The maximum absolute atomic E-state index is 13.0. The molecule has 132 valence electrons. The van der Waals surface area contributed by atoms with Gasteiger partial charge in [0.05, 0.1) is 16.1 Å². The van der Waals surface area contributed by atoms with Crippen LogP contribution in [0.15, 0.2) is 66.9 Å². The average molecular weight is 386 g/mol. The van der Waals surface area contributed by atoms with Crippen LogP contribution in [0.3, 0.4) is 0 Å². The van der Waals surface area contributed by atoms with Crippen LogP contribution in [0.1, 0.15) is 17.3 Å². The summed E-state index contributed by atoms with van der Waals surface area (Å²) in [5.74, 6) is 0. The second-order valence-electron chi connectivity index (χ2n) is 6.19. The Bertz CT molecular complexity index is 939. The average Bonchev–Trinajstić information content (AvgIpc) is 3.13. The molecule has 4 nitrogen and oxygen atoms in total. The number of anilines is 1. The number of halogens is 2. The lowest BCUT2D eigenvalue weighted by atomic mass is 10.0. The van der Waals surface area contributed by atoms with Crippen molar-refractivity contribution in [1.82, 2.24) is 9.47 Å². The highest BCUT2D eigenvalue weighted by Gasteiger charge is 2.32. The van der Waals surface area contributed by atoms with Gasteiger partial charge in [-0.2, -0.15) is 0 Å². The summed E-state index contributed by atoms with van der Waals surface area (Å²) in [6.07, 6.45) is 2.06. The summed E-state index contributed by atoms with van der Waals surface area (Å²) in [6, 6.07) is 18.9. The maximum Gasteiger partial charge on any atom is 0.322 e. The number of carbonyl (C=O) groups excluding carboxylic acids is 1. The lowest BCUT2D eigenvalue weighted by molar-refractivity contribution is 0.182. The van der Waals surface area contributed by atoms with Gasteiger partial charge in [0.1, 0.15) is 0 Å². The summed E-state index contributed by atoms with van der Waals surface area (Å²) >= 11 is 12.0. The Hall–Kier alpha value is -2.43. The molecule has 3 aromatic rings. The van der Waals surface area contributed by atoms with Crippen molar-refractivity contribution in [2.24, 2.45) is 0 Å². The second kappa shape index (κ2) is 7.06. The fourth-order valence-corrected chi connectivity index (χ4v) is 3.66. The third kappa shape index (κ3) is 3.18. The standard InChI is InChI=1S/C20H17Cl2N3O/c21-16-9-8-15(13-17(16)22)23-20(26)25-12-11-24-10-4-7-18(24)19(25)14-5-2-1-3-6-14/h1-10,13,19H,11-12H2,(H,23,26)/t19-/m1/s1. The molecule has 1 aliphatic rings. The highest BCUT2D eigenvalue weighted by molar-refractivity contribution is 6.42. The van der Waals surface area contributed by atoms with Gasteiger partial charge in [-0.05, 0) is 35.9 Å². The molecule has 1 atom stereocenters. The number of nitrogens with one attached hydrogen (secondary N) is 1. The van der Waals surface area contributed by atoms with Crippen molar-refractivity contribution in [3.05, 3.63) is 88.2 Å². The lowest BCUT2D eigenvalue weighted by Crippen LogP contribution is -2.44. The summed E-state index contributed by atoms with van der Waals surface area (Å²) in [6.45, 7) is 1.38. The number of rotatable bonds is 2. The number of hydrogen-bond donors (Lipinski definition) is 1. The van der Waals surface area contributed by atoms with Crippen LogP contribution in [0.25, 0.3) is 0 Å². The van der Waals surface area contributed by atoms with E-state index in [2.05, 4.69) is 22.1 Å². The van der Waals surface area contributed by atoms with Crippen molar-refractivity contribution in [2.45, 2.75) is 12.6 Å². The number of carbonyl (C=O) groups is 1. The minimum atomic E-state index is -0.162. The first-order valence-electron chi connectivity index (χ1n) is 8.36. The maximum atomic E-state index is 13.0. The van der Waals surface area contributed by atoms with E-state index in [-0.39, 0.29) is 12.1 Å². The number of hydrogen-bond acceptors (Lipinski definition) is 1. The van der Waals surface area contributed by atoms with Crippen LogP contribution in [-0.2, 0) is 6.54 Å². The number of fused-ring (bicyclic) bond motifs is 1. The molecule has 4 rings (SSSR count). The van der Waals surface area contributed by atoms with Crippen molar-refractivity contribution in [3.8, 4) is 0 Å². The first-order valence-corrected chi connectivity index (χ1v) is 9.12. The minimum Gasteiger partial charge on any atom is -0.348 e. The summed E-state index contributed by atoms with van der Waals surface area (Å²) in [4.78, 5) is 14.9. The first-order chi connectivity index (χ1) is 12.6. The van der Waals surface area contributed by atoms with Gasteiger partial charge in [0.15, 0.2) is 0 Å². The molecule has 1 N–H and O–H groups in total. The monoisotopic (exact) mass is 385 g/mol. The van der Waals surface area contributed by atoms with Gasteiger partial charge >= 0.3 is 6.03 Å². The van der Waals surface area contributed by atoms with Crippen LogP contribution in [0.4, 0.5) is 10.5 Å². The zero-order valence-electron chi connectivity index (χ0n) is 13.9. The van der Waals surface area contributed by atoms with Crippen LogP contribution in [0, 0.1) is 0 Å². The van der Waals surface area contributed by atoms with Crippen molar-refractivity contribution < 1.29 is 4.79 Å². The highest BCUT2D eigenvalue weighted by atomic mass is 35.5. The molecule has 1 aliphatic heterocycles. The molecule has 0 radical (unpaired) electrons. The summed E-state index contributed by atoms with van der Waals surface area (Å²) in [5.41, 5.74) is 2.81. The van der Waals surface area contributed by atoms with Crippen LogP contribution < -0.4 is 5.32 Å². The molecule has 0 fully saturated rings. The van der Waals surface area contributed by atoms with Gasteiger partial charge in [-0.1, -0.05) is 53.5 Å². The molecular weight excluding hydrogens is 369 g/mol. The predicted molar refractivity (Wildman–Crippen MR) is 105 cm³/mol. The van der Waals surface area contributed by atoms with Gasteiger partial charge in [-0.3, -0.25) is 0 Å². The Balaban J connectivity index is 1.65. The smallest absolute Gasteiger partial charge is 0.322 e. The zero-order chi connectivity index (χ0) is 18.1. The van der Waals surface area contributed by atoms with E-state index in [1.54, 1.807) is 18.2 Å². The highest BCUT2D eigenvalue weighted by Crippen LogP contribution is 2.33. The van der Waals surface area contributed by atoms with E-state index in [1.165, 1.54) is 0 Å². The predicted octanol–water partition coefficient (Wildman–Crippen LogP) is 5.43. The van der Waals surface area contributed by atoms with Crippen LogP contribution in [0.5, 0.6) is 0 Å². The van der Waals surface area contributed by atoms with E-state index in [0.29, 0.717) is 22.3 Å². The number of benzene rings is 2. The molecule has 1 aromatic heterocycles. The van der Waals surface area contributed by atoms with E-state index < -0.39 is 0 Å². The molecule has 2 aromatic carbocycles. The van der Waals surface area contributed by atoms with Crippen molar-refractivity contribution in [1.29, 1.82) is 0 Å². The van der Waals surface area contributed by atoms with Crippen LogP contribution in [0.2, 0.25) is 10.0 Å². The van der Waals surface area contributed by atoms with E-state index in [1.807, 2.05) is 41.3 Å². The van der Waals surface area contributed by atoms with Crippen LogP contribution in [-0.4, -0.2) is 22.0 Å². The quantitative estimate of drug-likeness (QED) is 0.626. The van der Waals surface area contributed by atoms with E-state index in [4.69, 9.17) is 23.2 Å². The molecular formula is C20H17Cl2N3O. The third-order valence-corrected chi connectivity index (χ3v) is 5.32. The summed E-state index contributed by atoms with van der Waals surface area (Å²) < 4.78 is 2.20. The second-order valence-corrected chi connectivity index (χ2v) is 7.01. The summed E-state index contributed by atoms with van der Waals surface area (Å²) in [5, 5.41) is 3.81.